The first-order valence-electron chi connectivity index (χ1n) is 5.21. The van der Waals surface area contributed by atoms with E-state index >= 15 is 0 Å². The number of primary amides is 1. The van der Waals surface area contributed by atoms with Gasteiger partial charge in [0.15, 0.2) is 0 Å². The number of anilines is 1. The van der Waals surface area contributed by atoms with Gasteiger partial charge in [-0.05, 0) is 13.3 Å². The average Bonchev–Trinajstić information content (AvgIpc) is 2.49. The summed E-state index contributed by atoms with van der Waals surface area (Å²) in [7, 11) is 1.62. The first kappa shape index (κ1) is 13.0. The molecule has 0 bridgehead atoms. The lowest BCUT2D eigenvalue weighted by Gasteiger charge is -2.14. The van der Waals surface area contributed by atoms with E-state index in [0.717, 1.165) is 0 Å². The molecule has 4 N–H and O–H groups in total. The maximum absolute atomic E-state index is 11.3. The van der Waals surface area contributed by atoms with Crippen molar-refractivity contribution in [1.82, 2.24) is 9.78 Å². The van der Waals surface area contributed by atoms with Crippen molar-refractivity contribution in [3.8, 4) is 0 Å². The van der Waals surface area contributed by atoms with Crippen LogP contribution in [0.25, 0.3) is 0 Å². The Morgan fingerprint density at radius 3 is 2.59 bits per heavy atom. The van der Waals surface area contributed by atoms with E-state index in [2.05, 4.69) is 10.4 Å². The average molecular weight is 240 g/mol. The number of aliphatic carboxylic acids is 1. The van der Waals surface area contributed by atoms with Gasteiger partial charge < -0.3 is 16.2 Å². The molecular weight excluding hydrogens is 224 g/mol. The standard InChI is InChI=1S/C10H16N4O3/c1-4-6(10(16)17)12-9-7(8(11)15)5(2)13-14(9)3/h6,12H,4H2,1-3H3,(H2,11,15)(H,16,17). The molecule has 0 aliphatic carbocycles. The van der Waals surface area contributed by atoms with E-state index < -0.39 is 17.9 Å². The van der Waals surface area contributed by atoms with Crippen molar-refractivity contribution in [2.45, 2.75) is 26.3 Å². The molecule has 0 aliphatic heterocycles. The van der Waals surface area contributed by atoms with E-state index in [9.17, 15) is 9.59 Å². The second-order valence-corrected chi connectivity index (χ2v) is 3.74. The minimum Gasteiger partial charge on any atom is -0.480 e. The van der Waals surface area contributed by atoms with E-state index in [1.165, 1.54) is 4.68 Å². The van der Waals surface area contributed by atoms with E-state index in [4.69, 9.17) is 10.8 Å². The molecular formula is C10H16N4O3. The van der Waals surface area contributed by atoms with Gasteiger partial charge in [-0.25, -0.2) is 4.79 Å². The molecule has 0 spiro atoms. The van der Waals surface area contributed by atoms with Crippen molar-refractivity contribution in [3.63, 3.8) is 0 Å². The van der Waals surface area contributed by atoms with Crippen molar-refractivity contribution in [3.05, 3.63) is 11.3 Å². The minimum absolute atomic E-state index is 0.229. The molecule has 1 amide bonds. The third-order valence-electron chi connectivity index (χ3n) is 2.49. The second kappa shape index (κ2) is 4.86. The maximum atomic E-state index is 11.3. The predicted octanol–water partition coefficient (Wildman–Crippen LogP) is 0.103. The van der Waals surface area contributed by atoms with Gasteiger partial charge in [0.1, 0.15) is 17.4 Å². The van der Waals surface area contributed by atoms with Crippen LogP contribution in [0.2, 0.25) is 0 Å². The molecule has 94 valence electrons. The molecule has 1 rings (SSSR count). The van der Waals surface area contributed by atoms with Crippen LogP contribution in [-0.2, 0) is 11.8 Å². The summed E-state index contributed by atoms with van der Waals surface area (Å²) in [6.07, 6.45) is 0.387. The van der Waals surface area contributed by atoms with E-state index in [1.807, 2.05) is 0 Å². The zero-order chi connectivity index (χ0) is 13.2. The van der Waals surface area contributed by atoms with Crippen LogP contribution in [0, 0.1) is 6.92 Å². The van der Waals surface area contributed by atoms with Gasteiger partial charge in [0.25, 0.3) is 5.91 Å². The second-order valence-electron chi connectivity index (χ2n) is 3.74. The Kier molecular flexibility index (Phi) is 3.72. The van der Waals surface area contributed by atoms with Gasteiger partial charge in [-0.2, -0.15) is 5.10 Å². The summed E-state index contributed by atoms with van der Waals surface area (Å²) in [4.78, 5) is 22.2. The van der Waals surface area contributed by atoms with Crippen LogP contribution in [-0.4, -0.2) is 32.8 Å². The van der Waals surface area contributed by atoms with Gasteiger partial charge in [0.2, 0.25) is 0 Å². The number of rotatable bonds is 5. The smallest absolute Gasteiger partial charge is 0.326 e. The van der Waals surface area contributed by atoms with Crippen molar-refractivity contribution in [2.75, 3.05) is 5.32 Å². The van der Waals surface area contributed by atoms with E-state index in [1.54, 1.807) is 20.9 Å². The first-order valence-corrected chi connectivity index (χ1v) is 5.21. The number of amides is 1. The van der Waals surface area contributed by atoms with Crippen LogP contribution < -0.4 is 11.1 Å². The van der Waals surface area contributed by atoms with Crippen LogP contribution in [0.3, 0.4) is 0 Å². The number of hydrogen-bond acceptors (Lipinski definition) is 4. The molecule has 0 saturated heterocycles. The molecule has 0 aromatic carbocycles. The van der Waals surface area contributed by atoms with Crippen LogP contribution in [0.4, 0.5) is 5.82 Å². The highest BCUT2D eigenvalue weighted by atomic mass is 16.4. The highest BCUT2D eigenvalue weighted by molar-refractivity contribution is 5.99. The lowest BCUT2D eigenvalue weighted by atomic mass is 10.2. The van der Waals surface area contributed by atoms with Crippen molar-refractivity contribution in [2.24, 2.45) is 12.8 Å². The number of nitrogens with zero attached hydrogens (tertiary/aromatic N) is 2. The lowest BCUT2D eigenvalue weighted by molar-refractivity contribution is -0.137. The molecule has 0 aliphatic rings. The Morgan fingerprint density at radius 2 is 2.18 bits per heavy atom. The van der Waals surface area contributed by atoms with Crippen LogP contribution in [0.15, 0.2) is 0 Å². The fraction of sp³-hybridized carbons (Fsp3) is 0.500. The Labute approximate surface area is 98.6 Å². The molecule has 0 radical (unpaired) electrons. The maximum Gasteiger partial charge on any atom is 0.326 e. The molecule has 1 aromatic heterocycles. The molecule has 7 nitrogen and oxygen atoms in total. The van der Waals surface area contributed by atoms with Gasteiger partial charge in [-0.1, -0.05) is 6.92 Å². The number of nitrogens with two attached hydrogens (primary N) is 1. The third kappa shape index (κ3) is 2.55. The zero-order valence-corrected chi connectivity index (χ0v) is 10.0. The molecule has 1 aromatic rings. The highest BCUT2D eigenvalue weighted by Crippen LogP contribution is 2.19. The molecule has 1 unspecified atom stereocenters. The van der Waals surface area contributed by atoms with Crippen LogP contribution in [0.5, 0.6) is 0 Å². The first-order chi connectivity index (χ1) is 7.88. The number of hydrogen-bond donors (Lipinski definition) is 3. The van der Waals surface area contributed by atoms with E-state index in [0.29, 0.717) is 17.9 Å². The summed E-state index contributed by atoms with van der Waals surface area (Å²) in [6, 6.07) is -0.775. The Hall–Kier alpha value is -2.05. The van der Waals surface area contributed by atoms with Gasteiger partial charge in [-0.3, -0.25) is 9.48 Å². The van der Waals surface area contributed by atoms with Crippen molar-refractivity contribution in [1.29, 1.82) is 0 Å². The number of aryl methyl sites for hydroxylation is 2. The molecule has 1 heterocycles. The third-order valence-corrected chi connectivity index (χ3v) is 2.49. The Balaban J connectivity index is 3.13. The van der Waals surface area contributed by atoms with Crippen LogP contribution in [0.1, 0.15) is 29.4 Å². The highest BCUT2D eigenvalue weighted by Gasteiger charge is 2.22. The van der Waals surface area contributed by atoms with Crippen molar-refractivity contribution >= 4 is 17.7 Å². The molecule has 7 heteroatoms. The Bertz CT molecular complexity index is 453. The summed E-state index contributed by atoms with van der Waals surface area (Å²) >= 11 is 0. The van der Waals surface area contributed by atoms with Crippen LogP contribution >= 0.6 is 0 Å². The summed E-state index contributed by atoms with van der Waals surface area (Å²) in [5.74, 6) is -1.27. The molecule has 0 fully saturated rings. The normalized spacial score (nSPS) is 12.2. The summed E-state index contributed by atoms with van der Waals surface area (Å²) in [5, 5.41) is 15.8. The zero-order valence-electron chi connectivity index (χ0n) is 10.0. The lowest BCUT2D eigenvalue weighted by Crippen LogP contribution is -2.30. The summed E-state index contributed by atoms with van der Waals surface area (Å²) in [6.45, 7) is 3.38. The molecule has 17 heavy (non-hydrogen) atoms. The number of carbonyl (C=O) groups excluding carboxylic acids is 1. The number of carboxylic acid groups (broad SMARTS) is 1. The number of nitrogens with one attached hydrogen (secondary N) is 1. The largest absolute Gasteiger partial charge is 0.480 e. The fourth-order valence-electron chi connectivity index (χ4n) is 1.62. The van der Waals surface area contributed by atoms with Gasteiger partial charge in [0.05, 0.1) is 5.69 Å². The van der Waals surface area contributed by atoms with Crippen molar-refractivity contribution < 1.29 is 14.7 Å². The van der Waals surface area contributed by atoms with E-state index in [-0.39, 0.29) is 5.56 Å². The predicted molar refractivity (Wildman–Crippen MR) is 61.8 cm³/mol. The van der Waals surface area contributed by atoms with Gasteiger partial charge in [0, 0.05) is 7.05 Å². The Morgan fingerprint density at radius 1 is 1.59 bits per heavy atom. The SMILES string of the molecule is CCC(Nc1c(C(N)=O)c(C)nn1C)C(=O)O. The van der Waals surface area contributed by atoms with Gasteiger partial charge in [-0.15, -0.1) is 0 Å². The minimum atomic E-state index is -0.984. The number of carboxylic acids is 1. The van der Waals surface area contributed by atoms with Gasteiger partial charge >= 0.3 is 5.97 Å². The molecule has 1 atom stereocenters. The topological polar surface area (TPSA) is 110 Å². The summed E-state index contributed by atoms with van der Waals surface area (Å²) < 4.78 is 1.42. The quantitative estimate of drug-likeness (QED) is 0.676. The number of aromatic nitrogens is 2. The summed E-state index contributed by atoms with van der Waals surface area (Å²) in [5.41, 5.74) is 5.95. The fourth-order valence-corrected chi connectivity index (χ4v) is 1.62. The monoisotopic (exact) mass is 240 g/mol. The molecule has 0 saturated carbocycles. The number of carbonyl (C=O) groups is 2.